The number of imidazole rings is 1. The first-order valence-electron chi connectivity index (χ1n) is 12.8. The molecule has 0 aliphatic carbocycles. The first kappa shape index (κ1) is 27.3. The van der Waals surface area contributed by atoms with Crippen molar-refractivity contribution in [2.24, 2.45) is 0 Å². The zero-order chi connectivity index (χ0) is 29.6. The molecule has 2 N–H and O–H groups in total. The Balaban J connectivity index is 1.12. The van der Waals surface area contributed by atoms with Gasteiger partial charge in [-0.2, -0.15) is 18.3 Å². The minimum absolute atomic E-state index is 0.0196. The highest BCUT2D eigenvalue weighted by molar-refractivity contribution is 6.32. The third-order valence-electron chi connectivity index (χ3n) is 6.88. The molecule has 3 aromatic heterocycles. The fourth-order valence-corrected chi connectivity index (χ4v) is 4.98. The zero-order valence-electron chi connectivity index (χ0n) is 22.0. The number of H-pyrrole nitrogens is 1. The molecule has 0 fully saturated rings. The monoisotopic (exact) mass is 594 g/mol. The van der Waals surface area contributed by atoms with Crippen molar-refractivity contribution in [3.63, 3.8) is 0 Å². The summed E-state index contributed by atoms with van der Waals surface area (Å²) in [5, 5.41) is 9.69. The molecule has 0 atom stereocenters. The van der Waals surface area contributed by atoms with Crippen molar-refractivity contribution in [1.29, 1.82) is 0 Å². The fourth-order valence-electron chi connectivity index (χ4n) is 4.76. The predicted octanol–water partition coefficient (Wildman–Crippen LogP) is 5.92. The van der Waals surface area contributed by atoms with E-state index in [2.05, 4.69) is 20.5 Å². The summed E-state index contributed by atoms with van der Waals surface area (Å²) in [5.41, 5.74) is 3.53. The van der Waals surface area contributed by atoms with E-state index in [1.54, 1.807) is 29.3 Å². The average Bonchev–Trinajstić information content (AvgIpc) is 3.66. The Morgan fingerprint density at radius 3 is 2.74 bits per heavy atom. The molecule has 0 bridgehead atoms. The number of aromatic nitrogens is 4. The van der Waals surface area contributed by atoms with Crippen molar-refractivity contribution in [3.05, 3.63) is 111 Å². The quantitative estimate of drug-likeness (QED) is 0.254. The molecule has 0 unspecified atom stereocenters. The van der Waals surface area contributed by atoms with Crippen molar-refractivity contribution in [1.82, 2.24) is 29.8 Å². The number of hydrogen-bond acceptors (Lipinski definition) is 5. The van der Waals surface area contributed by atoms with Crippen LogP contribution in [0.15, 0.2) is 67.0 Å². The molecule has 6 rings (SSSR count). The molecule has 5 aromatic rings. The number of aromatic amines is 1. The van der Waals surface area contributed by atoms with Crippen molar-refractivity contribution in [2.45, 2.75) is 32.7 Å². The van der Waals surface area contributed by atoms with Crippen LogP contribution in [0.1, 0.15) is 48.9 Å². The maximum absolute atomic E-state index is 13.3. The number of amides is 2. The number of aryl methyl sites for hydroxylation is 1. The second-order valence-corrected chi connectivity index (χ2v) is 10.2. The molecule has 0 radical (unpaired) electrons. The summed E-state index contributed by atoms with van der Waals surface area (Å²) < 4.78 is 46.4. The van der Waals surface area contributed by atoms with Gasteiger partial charge in [0.1, 0.15) is 17.1 Å². The van der Waals surface area contributed by atoms with Crippen LogP contribution in [0.3, 0.4) is 0 Å². The number of halogens is 4. The minimum atomic E-state index is -4.53. The lowest BCUT2D eigenvalue weighted by Gasteiger charge is -2.17. The van der Waals surface area contributed by atoms with Gasteiger partial charge in [0.05, 0.1) is 47.8 Å². The highest BCUT2D eigenvalue weighted by Crippen LogP contribution is 2.36. The molecule has 0 spiro atoms. The zero-order valence-corrected chi connectivity index (χ0v) is 22.8. The lowest BCUT2D eigenvalue weighted by atomic mass is 10.1. The van der Waals surface area contributed by atoms with Gasteiger partial charge in [0.2, 0.25) is 0 Å². The second kappa shape index (κ2) is 10.5. The summed E-state index contributed by atoms with van der Waals surface area (Å²) in [5.74, 6) is -0.458. The Morgan fingerprint density at radius 2 is 1.95 bits per heavy atom. The average molecular weight is 595 g/mol. The van der Waals surface area contributed by atoms with E-state index >= 15 is 0 Å². The van der Waals surface area contributed by atoms with Gasteiger partial charge in [0.25, 0.3) is 11.8 Å². The van der Waals surface area contributed by atoms with Crippen LogP contribution < -0.4 is 10.1 Å². The number of nitrogens with zero attached hydrogens (tertiary/aromatic N) is 4. The number of pyridine rings is 1. The van der Waals surface area contributed by atoms with E-state index in [4.69, 9.17) is 16.3 Å². The largest absolute Gasteiger partial charge is 0.456 e. The summed E-state index contributed by atoms with van der Waals surface area (Å²) in [6, 6.07) is 12.9. The summed E-state index contributed by atoms with van der Waals surface area (Å²) >= 11 is 6.01. The molecule has 2 amide bonds. The first-order chi connectivity index (χ1) is 20.1. The molecule has 1 aliphatic heterocycles. The predicted molar refractivity (Wildman–Crippen MR) is 146 cm³/mol. The topological polar surface area (TPSA) is 105 Å². The smallest absolute Gasteiger partial charge is 0.416 e. The fraction of sp³-hybridized carbons (Fsp3) is 0.172. The molecular formula is C29H22ClF3N6O3. The normalized spacial score (nSPS) is 12.9. The Morgan fingerprint density at radius 1 is 1.12 bits per heavy atom. The molecular weight excluding hydrogens is 573 g/mol. The molecule has 2 aromatic carbocycles. The standard InChI is InChI=1S/C29H22ClF3N6O3/c1-16-5-8-25-34-11-19(39(25)13-16)12-35-27(40)26-21-14-38(15-23(21)36-37-26)28(41)17-3-2-4-20(9-17)42-24-7-6-18(10-22(24)30)29(31,32)33/h2-11,13H,12,14-15H2,1H3,(H,35,40)(H,36,37). The maximum atomic E-state index is 13.3. The van der Waals surface area contributed by atoms with Crippen LogP contribution in [0.4, 0.5) is 13.2 Å². The number of alkyl halides is 3. The van der Waals surface area contributed by atoms with E-state index in [0.29, 0.717) is 16.8 Å². The Hall–Kier alpha value is -4.84. The molecule has 9 nitrogen and oxygen atoms in total. The van der Waals surface area contributed by atoms with Gasteiger partial charge in [-0.05, 0) is 55.0 Å². The summed E-state index contributed by atoms with van der Waals surface area (Å²) in [4.78, 5) is 32.2. The van der Waals surface area contributed by atoms with Gasteiger partial charge in [-0.1, -0.05) is 23.7 Å². The number of carbonyl (C=O) groups excluding carboxylic acids is 2. The number of hydrogen-bond donors (Lipinski definition) is 2. The molecule has 1 aliphatic rings. The summed E-state index contributed by atoms with van der Waals surface area (Å²) in [6.07, 6.45) is -0.890. The van der Waals surface area contributed by atoms with E-state index in [-0.39, 0.29) is 53.7 Å². The maximum Gasteiger partial charge on any atom is 0.416 e. The van der Waals surface area contributed by atoms with Crippen LogP contribution in [0, 0.1) is 6.92 Å². The first-order valence-corrected chi connectivity index (χ1v) is 13.2. The number of nitrogens with one attached hydrogen (secondary N) is 2. The van der Waals surface area contributed by atoms with Gasteiger partial charge in [-0.3, -0.25) is 14.7 Å². The van der Waals surface area contributed by atoms with Crippen molar-refractivity contribution in [3.8, 4) is 11.5 Å². The molecule has 0 saturated heterocycles. The van der Waals surface area contributed by atoms with Crippen LogP contribution in [0.25, 0.3) is 5.65 Å². The minimum Gasteiger partial charge on any atom is -0.456 e. The van der Waals surface area contributed by atoms with E-state index in [1.807, 2.05) is 29.7 Å². The second-order valence-electron chi connectivity index (χ2n) is 9.83. The van der Waals surface area contributed by atoms with Gasteiger partial charge >= 0.3 is 6.18 Å². The van der Waals surface area contributed by atoms with Crippen molar-refractivity contribution >= 4 is 29.1 Å². The summed E-state index contributed by atoms with van der Waals surface area (Å²) in [6.45, 7) is 2.60. The van der Waals surface area contributed by atoms with Gasteiger partial charge in [0, 0.05) is 17.3 Å². The molecule has 13 heteroatoms. The molecule has 0 saturated carbocycles. The Bertz CT molecular complexity index is 1850. The Labute approximate surface area is 241 Å². The van der Waals surface area contributed by atoms with Crippen LogP contribution in [0.2, 0.25) is 5.02 Å². The third kappa shape index (κ3) is 5.28. The molecule has 42 heavy (non-hydrogen) atoms. The van der Waals surface area contributed by atoms with Gasteiger partial charge < -0.3 is 19.4 Å². The summed E-state index contributed by atoms with van der Waals surface area (Å²) in [7, 11) is 0. The van der Waals surface area contributed by atoms with Crippen molar-refractivity contribution in [2.75, 3.05) is 0 Å². The SMILES string of the molecule is Cc1ccc2ncc(CNC(=O)c3n[nH]c4c3CN(C(=O)c3cccc(Oc5ccc(C(F)(F)F)cc5Cl)c3)C4)n2c1. The number of ether oxygens (including phenoxy) is 1. The van der Waals surface area contributed by atoms with Crippen LogP contribution in [0.5, 0.6) is 11.5 Å². The van der Waals surface area contributed by atoms with Crippen LogP contribution in [-0.4, -0.2) is 36.3 Å². The lowest BCUT2D eigenvalue weighted by molar-refractivity contribution is -0.137. The van der Waals surface area contributed by atoms with Crippen LogP contribution >= 0.6 is 11.6 Å². The van der Waals surface area contributed by atoms with Crippen LogP contribution in [-0.2, 0) is 25.8 Å². The number of carbonyl (C=O) groups is 2. The molecule has 214 valence electrons. The lowest BCUT2D eigenvalue weighted by Crippen LogP contribution is -2.28. The Kier molecular flexibility index (Phi) is 6.85. The van der Waals surface area contributed by atoms with E-state index < -0.39 is 11.7 Å². The van der Waals surface area contributed by atoms with Gasteiger partial charge in [0.15, 0.2) is 5.69 Å². The van der Waals surface area contributed by atoms with Gasteiger partial charge in [-0.15, -0.1) is 0 Å². The number of benzene rings is 2. The van der Waals surface area contributed by atoms with Crippen molar-refractivity contribution < 1.29 is 27.5 Å². The number of fused-ring (bicyclic) bond motifs is 2. The number of rotatable bonds is 6. The highest BCUT2D eigenvalue weighted by Gasteiger charge is 2.32. The van der Waals surface area contributed by atoms with E-state index in [0.717, 1.165) is 35.1 Å². The van der Waals surface area contributed by atoms with E-state index in [1.165, 1.54) is 6.07 Å². The molecule has 4 heterocycles. The van der Waals surface area contributed by atoms with Gasteiger partial charge in [-0.25, -0.2) is 4.98 Å². The third-order valence-corrected chi connectivity index (χ3v) is 7.18. The highest BCUT2D eigenvalue weighted by atomic mass is 35.5. The van der Waals surface area contributed by atoms with E-state index in [9.17, 15) is 22.8 Å².